The van der Waals surface area contributed by atoms with Gasteiger partial charge in [0.1, 0.15) is 0 Å². The number of H-pyrrole nitrogens is 1. The lowest BCUT2D eigenvalue weighted by Crippen LogP contribution is -2.42. The third-order valence-corrected chi connectivity index (χ3v) is 3.53. The molecule has 0 amide bonds. The topological polar surface area (TPSA) is 66.7 Å². The Morgan fingerprint density at radius 1 is 1.24 bits per heavy atom. The van der Waals surface area contributed by atoms with Gasteiger partial charge in [-0.25, -0.2) is 4.98 Å². The van der Waals surface area contributed by atoms with Gasteiger partial charge in [0.05, 0.1) is 11.0 Å². The molecule has 4 heteroatoms. The van der Waals surface area contributed by atoms with Gasteiger partial charge in [0.15, 0.2) is 0 Å². The van der Waals surface area contributed by atoms with Crippen molar-refractivity contribution in [3.05, 3.63) is 24.3 Å². The van der Waals surface area contributed by atoms with Crippen molar-refractivity contribution in [2.45, 2.75) is 37.8 Å². The van der Waals surface area contributed by atoms with Gasteiger partial charge in [-0.15, -0.1) is 0 Å². The number of para-hydroxylation sites is 2. The molecule has 2 atom stereocenters. The van der Waals surface area contributed by atoms with Gasteiger partial charge in [-0.05, 0) is 25.0 Å². The number of hydrogen-bond acceptors (Lipinski definition) is 3. The second kappa shape index (κ2) is 4.37. The van der Waals surface area contributed by atoms with E-state index in [2.05, 4.69) is 15.3 Å². The fraction of sp³-hybridized carbons (Fsp3) is 0.462. The van der Waals surface area contributed by atoms with Crippen molar-refractivity contribution in [1.29, 1.82) is 0 Å². The zero-order valence-electron chi connectivity index (χ0n) is 9.82. The molecule has 1 aliphatic rings. The number of nitrogens with one attached hydrogen (secondary N) is 2. The Bertz CT molecular complexity index is 472. The maximum atomic E-state index is 6.12. The number of benzene rings is 1. The van der Waals surface area contributed by atoms with Crippen LogP contribution in [0.3, 0.4) is 0 Å². The van der Waals surface area contributed by atoms with Crippen molar-refractivity contribution in [2.24, 2.45) is 5.73 Å². The normalized spacial score (nSPS) is 25.0. The molecule has 0 aliphatic heterocycles. The minimum absolute atomic E-state index is 0.247. The lowest BCUT2D eigenvalue weighted by molar-refractivity contribution is 0.403. The molecular formula is C13H18N4. The summed E-state index contributed by atoms with van der Waals surface area (Å²) in [5, 5.41) is 3.43. The molecule has 0 unspecified atom stereocenters. The van der Waals surface area contributed by atoms with E-state index in [9.17, 15) is 0 Å². The maximum absolute atomic E-state index is 6.12. The van der Waals surface area contributed by atoms with E-state index in [0.717, 1.165) is 29.8 Å². The Labute approximate surface area is 101 Å². The van der Waals surface area contributed by atoms with Crippen LogP contribution in [0.25, 0.3) is 11.0 Å². The first-order chi connectivity index (χ1) is 8.33. The Balaban J connectivity index is 1.79. The van der Waals surface area contributed by atoms with Crippen LogP contribution < -0.4 is 11.1 Å². The molecule has 1 aliphatic carbocycles. The minimum atomic E-state index is 0.247. The molecule has 1 aromatic carbocycles. The highest BCUT2D eigenvalue weighted by molar-refractivity contribution is 5.77. The van der Waals surface area contributed by atoms with E-state index in [1.165, 1.54) is 12.8 Å². The summed E-state index contributed by atoms with van der Waals surface area (Å²) >= 11 is 0. The second-order valence-corrected chi connectivity index (χ2v) is 4.80. The molecule has 17 heavy (non-hydrogen) atoms. The van der Waals surface area contributed by atoms with Crippen molar-refractivity contribution < 1.29 is 0 Å². The van der Waals surface area contributed by atoms with Gasteiger partial charge >= 0.3 is 0 Å². The zero-order valence-corrected chi connectivity index (χ0v) is 9.82. The molecule has 1 heterocycles. The van der Waals surface area contributed by atoms with Crippen LogP contribution in [0.5, 0.6) is 0 Å². The predicted molar refractivity (Wildman–Crippen MR) is 69.9 cm³/mol. The van der Waals surface area contributed by atoms with E-state index >= 15 is 0 Å². The number of anilines is 1. The average molecular weight is 230 g/mol. The molecule has 4 nitrogen and oxygen atoms in total. The molecule has 0 bridgehead atoms. The molecule has 1 fully saturated rings. The maximum Gasteiger partial charge on any atom is 0.201 e. The monoisotopic (exact) mass is 230 g/mol. The molecule has 0 saturated heterocycles. The Morgan fingerprint density at radius 3 is 2.88 bits per heavy atom. The summed E-state index contributed by atoms with van der Waals surface area (Å²) in [5.41, 5.74) is 8.19. The summed E-state index contributed by atoms with van der Waals surface area (Å²) in [6, 6.07) is 8.66. The van der Waals surface area contributed by atoms with Gasteiger partial charge in [-0.2, -0.15) is 0 Å². The van der Waals surface area contributed by atoms with Crippen LogP contribution in [0.2, 0.25) is 0 Å². The lowest BCUT2D eigenvalue weighted by atomic mass is 9.91. The summed E-state index contributed by atoms with van der Waals surface area (Å²) < 4.78 is 0. The standard InChI is InChI=1S/C13H18N4/c14-9-5-1-2-6-10(9)15-13-16-11-7-3-4-8-12(11)17-13/h3-4,7-10H,1-2,5-6,14H2,(H2,15,16,17)/t9-,10-/m1/s1. The number of hydrogen-bond donors (Lipinski definition) is 3. The first-order valence-corrected chi connectivity index (χ1v) is 6.30. The first kappa shape index (κ1) is 10.6. The van der Waals surface area contributed by atoms with Crippen molar-refractivity contribution in [3.8, 4) is 0 Å². The Hall–Kier alpha value is -1.55. The lowest BCUT2D eigenvalue weighted by Gasteiger charge is -2.29. The van der Waals surface area contributed by atoms with E-state index in [0.29, 0.717) is 6.04 Å². The number of fused-ring (bicyclic) bond motifs is 1. The van der Waals surface area contributed by atoms with E-state index < -0.39 is 0 Å². The van der Waals surface area contributed by atoms with Crippen molar-refractivity contribution >= 4 is 17.0 Å². The second-order valence-electron chi connectivity index (χ2n) is 4.80. The number of rotatable bonds is 2. The van der Waals surface area contributed by atoms with Gasteiger partial charge in [0.2, 0.25) is 5.95 Å². The van der Waals surface area contributed by atoms with Crippen LogP contribution >= 0.6 is 0 Å². The highest BCUT2D eigenvalue weighted by Gasteiger charge is 2.22. The largest absolute Gasteiger partial charge is 0.352 e. The van der Waals surface area contributed by atoms with Crippen molar-refractivity contribution in [2.75, 3.05) is 5.32 Å². The average Bonchev–Trinajstić information content (AvgIpc) is 2.74. The smallest absolute Gasteiger partial charge is 0.201 e. The summed E-state index contributed by atoms with van der Waals surface area (Å²) in [4.78, 5) is 7.80. The number of nitrogens with zero attached hydrogens (tertiary/aromatic N) is 1. The van der Waals surface area contributed by atoms with Gasteiger partial charge in [-0.1, -0.05) is 25.0 Å². The number of imidazole rings is 1. The van der Waals surface area contributed by atoms with E-state index in [-0.39, 0.29) is 6.04 Å². The highest BCUT2D eigenvalue weighted by atomic mass is 15.1. The van der Waals surface area contributed by atoms with Gasteiger partial charge in [-0.3, -0.25) is 0 Å². The summed E-state index contributed by atoms with van der Waals surface area (Å²) in [5.74, 6) is 0.841. The quantitative estimate of drug-likeness (QED) is 0.741. The van der Waals surface area contributed by atoms with Gasteiger partial charge in [0.25, 0.3) is 0 Å². The minimum Gasteiger partial charge on any atom is -0.352 e. The van der Waals surface area contributed by atoms with Crippen LogP contribution in [0.15, 0.2) is 24.3 Å². The molecule has 3 rings (SSSR count). The fourth-order valence-corrected chi connectivity index (χ4v) is 2.54. The first-order valence-electron chi connectivity index (χ1n) is 6.30. The number of aromatic nitrogens is 2. The zero-order chi connectivity index (χ0) is 11.7. The Morgan fingerprint density at radius 2 is 2.06 bits per heavy atom. The van der Waals surface area contributed by atoms with E-state index in [4.69, 9.17) is 5.73 Å². The highest BCUT2D eigenvalue weighted by Crippen LogP contribution is 2.21. The molecule has 90 valence electrons. The van der Waals surface area contributed by atoms with Crippen LogP contribution in [0.1, 0.15) is 25.7 Å². The van der Waals surface area contributed by atoms with Crippen LogP contribution in [-0.2, 0) is 0 Å². The van der Waals surface area contributed by atoms with Gasteiger partial charge in [0, 0.05) is 12.1 Å². The van der Waals surface area contributed by atoms with Crippen LogP contribution in [-0.4, -0.2) is 22.1 Å². The number of nitrogens with two attached hydrogens (primary N) is 1. The van der Waals surface area contributed by atoms with Gasteiger partial charge < -0.3 is 16.0 Å². The van der Waals surface area contributed by atoms with Crippen LogP contribution in [0, 0.1) is 0 Å². The molecule has 0 spiro atoms. The van der Waals surface area contributed by atoms with E-state index in [1.54, 1.807) is 0 Å². The van der Waals surface area contributed by atoms with Crippen LogP contribution in [0.4, 0.5) is 5.95 Å². The third-order valence-electron chi connectivity index (χ3n) is 3.53. The van der Waals surface area contributed by atoms with Crippen molar-refractivity contribution in [1.82, 2.24) is 9.97 Å². The fourth-order valence-electron chi connectivity index (χ4n) is 2.54. The summed E-state index contributed by atoms with van der Waals surface area (Å²) in [7, 11) is 0. The van der Waals surface area contributed by atoms with Crippen molar-refractivity contribution in [3.63, 3.8) is 0 Å². The molecule has 4 N–H and O–H groups in total. The molecule has 1 aromatic heterocycles. The molecule has 0 radical (unpaired) electrons. The Kier molecular flexibility index (Phi) is 2.73. The SMILES string of the molecule is N[C@@H]1CCCC[C@H]1Nc1nc2ccccc2[nH]1. The number of aromatic amines is 1. The third kappa shape index (κ3) is 2.13. The summed E-state index contributed by atoms with van der Waals surface area (Å²) in [6.07, 6.45) is 4.75. The summed E-state index contributed by atoms with van der Waals surface area (Å²) in [6.45, 7) is 0. The van der Waals surface area contributed by atoms with E-state index in [1.807, 2.05) is 24.3 Å². The predicted octanol–water partition coefficient (Wildman–Crippen LogP) is 2.24. The molecule has 1 saturated carbocycles. The molecular weight excluding hydrogens is 212 g/mol. The molecule has 2 aromatic rings.